The monoisotopic (exact) mass is 916 g/mol. The highest BCUT2D eigenvalue weighted by molar-refractivity contribution is 8.20. The highest BCUT2D eigenvalue weighted by Crippen LogP contribution is 2.38. The van der Waals surface area contributed by atoms with Gasteiger partial charge in [0, 0.05) is 54.4 Å². The lowest BCUT2D eigenvalue weighted by molar-refractivity contribution is -0.139. The molecule has 0 aromatic heterocycles. The summed E-state index contributed by atoms with van der Waals surface area (Å²) in [5.41, 5.74) is 1.15. The maximum absolute atomic E-state index is 10.9. The molecule has 0 aliphatic heterocycles. The van der Waals surface area contributed by atoms with Gasteiger partial charge in [-0.3, -0.25) is 8.65 Å². The molecule has 0 saturated carbocycles. The van der Waals surface area contributed by atoms with Crippen LogP contribution in [0.15, 0.2) is 48.6 Å². The van der Waals surface area contributed by atoms with Gasteiger partial charge < -0.3 is 74.6 Å². The highest BCUT2D eigenvalue weighted by atomic mass is 32.3. The average molecular weight is 917 g/mol. The molecule has 27 heteroatoms. The maximum atomic E-state index is 10.9. The van der Waals surface area contributed by atoms with Crippen LogP contribution in [0.4, 0.5) is 0 Å². The summed E-state index contributed by atoms with van der Waals surface area (Å²) in [4.78, 5) is 106. The van der Waals surface area contributed by atoms with Crippen LogP contribution in [-0.2, 0) is 59.7 Å². The molecular weight excluding hydrogens is 857 g/mol. The molecule has 0 amide bonds. The number of ether oxygens (including phenoxy) is 4. The molecule has 57 heavy (non-hydrogen) atoms. The molecule has 0 spiro atoms. The first kappa shape index (κ1) is 60.7. The molecule has 0 heterocycles. The van der Waals surface area contributed by atoms with Crippen LogP contribution in [0.1, 0.15) is 47.0 Å². The molecule has 0 unspecified atom stereocenters. The Hall–Kier alpha value is -2.98. The Kier molecular flexibility index (Phi) is 34.0. The van der Waals surface area contributed by atoms with Gasteiger partial charge in [-0.15, -0.1) is 0 Å². The van der Waals surface area contributed by atoms with Crippen molar-refractivity contribution in [1.82, 2.24) is 0 Å². The number of hydrogen-bond acceptors (Lipinski definition) is 21. The molecule has 0 radical (unpaired) electrons. The Morgan fingerprint density at radius 1 is 0.544 bits per heavy atom. The number of rotatable bonds is 24. The van der Waals surface area contributed by atoms with Crippen LogP contribution in [0.25, 0.3) is 0 Å². The van der Waals surface area contributed by atoms with Crippen molar-refractivity contribution < 1.29 is 102 Å². The van der Waals surface area contributed by atoms with Crippen molar-refractivity contribution in [2.24, 2.45) is 0 Å². The van der Waals surface area contributed by atoms with Crippen LogP contribution in [0.3, 0.4) is 0 Å². The van der Waals surface area contributed by atoms with Gasteiger partial charge in [0.25, 0.3) is 0 Å². The predicted octanol–water partition coefficient (Wildman–Crippen LogP) is 0.393. The third kappa shape index (κ3) is 41.0. The first-order valence-electron chi connectivity index (χ1n) is 16.4. The summed E-state index contributed by atoms with van der Waals surface area (Å²) >= 11 is 0. The standard InChI is InChI=1S/C8H16O5S.2C8H16O5Si.C6H12O7Si2/c3*1-7(2)8(9)13-5-4-6-14(10,11)12-3;1-5(2)6(7)12-3-4-15(10,11)13-14(8)9/h3*10-11H,1,4-6H2,2-3H3;8,10-11H,1,3-4H2,2H3. The normalized spacial score (nSPS) is 11.3. The minimum atomic E-state index is -4.19. The molecule has 0 aliphatic carbocycles. The first-order chi connectivity index (χ1) is 25.9. The van der Waals surface area contributed by atoms with Crippen molar-refractivity contribution in [2.75, 3.05) is 53.5 Å². The minimum Gasteiger partial charge on any atom is -0.512 e. The molecule has 9 N–H and O–H groups in total. The zero-order valence-electron chi connectivity index (χ0n) is 33.3. The topological polar surface area (TPSA) is 341 Å². The van der Waals surface area contributed by atoms with Crippen LogP contribution in [0.5, 0.6) is 0 Å². The van der Waals surface area contributed by atoms with E-state index in [4.69, 9.17) is 56.9 Å². The van der Waals surface area contributed by atoms with Crippen LogP contribution in [0, 0.1) is 0 Å². The lowest BCUT2D eigenvalue weighted by atomic mass is 10.4. The SMILES string of the molecule is C=C(C)C(=O)OCCCS(O)(O)OC.C=C(C)C(=O)OCCC[Si](O)(O)OC.C=C(C)C(=O)OCCC[Si](O)(O)OC.C=C(C)C(=O)OCC[Si](O)(O)O[Si](=O)O. The van der Waals surface area contributed by atoms with Gasteiger partial charge >= 0.3 is 59.5 Å². The Morgan fingerprint density at radius 2 is 0.842 bits per heavy atom. The summed E-state index contributed by atoms with van der Waals surface area (Å²) in [5, 5.41) is 0. The third-order valence-corrected chi connectivity index (χ3v) is 13.3. The third-order valence-electron chi connectivity index (χ3n) is 5.77. The molecular formula is C30H60O22SSi4. The zero-order valence-corrected chi connectivity index (χ0v) is 38.2. The van der Waals surface area contributed by atoms with Crippen molar-refractivity contribution in [1.29, 1.82) is 0 Å². The van der Waals surface area contributed by atoms with E-state index in [1.807, 2.05) is 0 Å². The molecule has 0 atom stereocenters. The lowest BCUT2D eigenvalue weighted by Gasteiger charge is -2.23. The molecule has 0 saturated heterocycles. The Labute approximate surface area is 339 Å². The molecule has 0 rings (SSSR count). The number of carbonyl (C=O) groups excluding carboxylic acids is 4. The van der Waals surface area contributed by atoms with Crippen molar-refractivity contribution in [2.45, 2.75) is 65.1 Å². The highest BCUT2D eigenvalue weighted by Gasteiger charge is 2.38. The summed E-state index contributed by atoms with van der Waals surface area (Å²) in [5.74, 6) is -2.01. The summed E-state index contributed by atoms with van der Waals surface area (Å²) in [6.07, 6.45) is 1.08. The van der Waals surface area contributed by atoms with Gasteiger partial charge in [0.15, 0.2) is 0 Å². The van der Waals surface area contributed by atoms with Crippen LogP contribution in [0.2, 0.25) is 18.1 Å². The van der Waals surface area contributed by atoms with E-state index in [1.54, 1.807) is 20.8 Å². The molecule has 0 aliphatic rings. The Balaban J connectivity index is -0.000000329. The quantitative estimate of drug-likeness (QED) is 0.0208. The smallest absolute Gasteiger partial charge is 0.512 e. The largest absolute Gasteiger partial charge is 0.752 e. The van der Waals surface area contributed by atoms with Crippen LogP contribution in [-0.4, -0.2) is 156 Å². The van der Waals surface area contributed by atoms with Gasteiger partial charge in [-0.05, 0) is 47.0 Å². The molecule has 0 aromatic carbocycles. The van der Waals surface area contributed by atoms with Gasteiger partial charge in [-0.1, -0.05) is 26.3 Å². The van der Waals surface area contributed by atoms with Crippen LogP contribution < -0.4 is 0 Å². The Bertz CT molecular complexity index is 1200. The second-order valence-electron chi connectivity index (χ2n) is 11.5. The fraction of sp³-hybridized carbons (Fsp3) is 0.600. The number of carbonyl (C=O) groups is 4. The summed E-state index contributed by atoms with van der Waals surface area (Å²) in [6.45, 7) is 19.7. The molecule has 22 nitrogen and oxygen atoms in total. The molecule has 0 bridgehead atoms. The van der Waals surface area contributed by atoms with Crippen molar-refractivity contribution in [3.05, 3.63) is 48.6 Å². The van der Waals surface area contributed by atoms with Crippen molar-refractivity contribution >= 4 is 70.3 Å². The summed E-state index contributed by atoms with van der Waals surface area (Å²) < 4.78 is 64.5. The summed E-state index contributed by atoms with van der Waals surface area (Å²) in [7, 11) is -13.8. The van der Waals surface area contributed by atoms with E-state index in [0.29, 0.717) is 36.0 Å². The number of hydrogen-bond donors (Lipinski definition) is 9. The average Bonchev–Trinajstić information content (AvgIpc) is 3.10. The predicted molar refractivity (Wildman–Crippen MR) is 210 cm³/mol. The Morgan fingerprint density at radius 3 is 1.11 bits per heavy atom. The van der Waals surface area contributed by atoms with E-state index in [9.17, 15) is 23.6 Å². The fourth-order valence-corrected chi connectivity index (χ4v) is 6.77. The van der Waals surface area contributed by atoms with Gasteiger partial charge in [0.05, 0.1) is 50.5 Å². The first-order valence-corrected chi connectivity index (χ1v) is 25.3. The number of esters is 4. The van der Waals surface area contributed by atoms with Gasteiger partial charge in [0.2, 0.25) is 0 Å². The van der Waals surface area contributed by atoms with E-state index >= 15 is 0 Å². The maximum Gasteiger partial charge on any atom is 0.752 e. The zero-order chi connectivity index (χ0) is 45.6. The van der Waals surface area contributed by atoms with E-state index in [0.717, 1.165) is 0 Å². The summed E-state index contributed by atoms with van der Waals surface area (Å²) in [6, 6.07) is -0.164. The van der Waals surface area contributed by atoms with Gasteiger partial charge in [-0.25, -0.2) is 19.2 Å². The molecule has 0 fully saturated rings. The lowest BCUT2D eigenvalue weighted by Crippen LogP contribution is -2.43. The molecule has 334 valence electrons. The van der Waals surface area contributed by atoms with Crippen molar-refractivity contribution in [3.63, 3.8) is 0 Å². The van der Waals surface area contributed by atoms with E-state index in [2.05, 4.69) is 48.2 Å². The second-order valence-corrected chi connectivity index (χ2v) is 21.5. The fourth-order valence-electron chi connectivity index (χ4n) is 2.59. The van der Waals surface area contributed by atoms with Gasteiger partial charge in [0.1, 0.15) is 0 Å². The van der Waals surface area contributed by atoms with E-state index in [1.165, 1.54) is 28.3 Å². The van der Waals surface area contributed by atoms with E-state index in [-0.39, 0.29) is 49.8 Å². The van der Waals surface area contributed by atoms with E-state index < -0.39 is 76.4 Å². The van der Waals surface area contributed by atoms with Gasteiger partial charge in [-0.2, -0.15) is 0 Å². The minimum absolute atomic E-state index is 0.0625. The second kappa shape index (κ2) is 31.9. The van der Waals surface area contributed by atoms with Crippen LogP contribution >= 0.6 is 10.9 Å². The van der Waals surface area contributed by atoms with Crippen molar-refractivity contribution in [3.8, 4) is 0 Å². The molecule has 0 aromatic rings.